The quantitative estimate of drug-likeness (QED) is 0.224. The molecule has 0 bridgehead atoms. The van der Waals surface area contributed by atoms with Crippen molar-refractivity contribution in [1.29, 1.82) is 0 Å². The molecule has 2 atom stereocenters. The van der Waals surface area contributed by atoms with Crippen molar-refractivity contribution >= 4 is 12.1 Å². The third kappa shape index (κ3) is 9.22. The number of hydrogen-bond acceptors (Lipinski definition) is 8. The van der Waals surface area contributed by atoms with Crippen molar-refractivity contribution in [3.63, 3.8) is 0 Å². The zero-order valence-electron chi connectivity index (χ0n) is 11.8. The molecule has 9 heteroatoms. The number of unbranched alkanes of at least 4 members (excludes halogenated alkanes) is 1. The van der Waals surface area contributed by atoms with Crippen molar-refractivity contribution in [2.75, 3.05) is 20.3 Å². The van der Waals surface area contributed by atoms with Crippen LogP contribution in [-0.4, -0.2) is 44.7 Å². The normalized spacial score (nSPS) is 13.2. The molecule has 0 aliphatic carbocycles. The molecule has 1 unspecified atom stereocenters. The zero-order valence-corrected chi connectivity index (χ0v) is 11.8. The summed E-state index contributed by atoms with van der Waals surface area (Å²) in [6.07, 6.45) is 0.394. The molecule has 20 heavy (non-hydrogen) atoms. The first-order valence-corrected chi connectivity index (χ1v) is 6.35. The maximum atomic E-state index is 11.4. The van der Waals surface area contributed by atoms with Gasteiger partial charge in [0.1, 0.15) is 12.8 Å². The number of nitrogens with zero attached hydrogens (tertiary/aromatic N) is 1. The van der Waals surface area contributed by atoms with Crippen LogP contribution in [0.5, 0.6) is 0 Å². The number of nitroso groups, excluding NO2 is 1. The molecule has 0 saturated heterocycles. The van der Waals surface area contributed by atoms with Crippen LogP contribution in [0.4, 0.5) is 4.79 Å². The first-order valence-electron chi connectivity index (χ1n) is 6.35. The van der Waals surface area contributed by atoms with Gasteiger partial charge >= 0.3 is 12.1 Å². The van der Waals surface area contributed by atoms with E-state index in [0.717, 1.165) is 6.42 Å². The Kier molecular flexibility index (Phi) is 10.2. The van der Waals surface area contributed by atoms with Gasteiger partial charge in [0.15, 0.2) is 0 Å². The summed E-state index contributed by atoms with van der Waals surface area (Å²) in [5, 5.41) is 7.77. The smallest absolute Gasteiger partial charge is 0.408 e. The molecule has 0 aliphatic rings. The lowest BCUT2D eigenvalue weighted by Crippen LogP contribution is -2.34. The van der Waals surface area contributed by atoms with Gasteiger partial charge < -0.3 is 20.5 Å². The fourth-order valence-corrected chi connectivity index (χ4v) is 1.27. The van der Waals surface area contributed by atoms with Crippen LogP contribution in [0.1, 0.15) is 26.2 Å². The van der Waals surface area contributed by atoms with Gasteiger partial charge in [0.2, 0.25) is 6.23 Å². The molecule has 0 saturated carbocycles. The summed E-state index contributed by atoms with van der Waals surface area (Å²) in [5.41, 5.74) is 5.60. The minimum Gasteiger partial charge on any atom is -0.435 e. The maximum absolute atomic E-state index is 11.4. The Morgan fingerprint density at radius 3 is 2.65 bits per heavy atom. The molecule has 0 fully saturated rings. The largest absolute Gasteiger partial charge is 0.435 e. The lowest BCUT2D eigenvalue weighted by molar-refractivity contribution is -0.149. The highest BCUT2D eigenvalue weighted by Crippen LogP contribution is 2.02. The Morgan fingerprint density at radius 1 is 1.35 bits per heavy atom. The highest BCUT2D eigenvalue weighted by atomic mass is 16.6. The third-order valence-electron chi connectivity index (χ3n) is 2.37. The molecular formula is C11H22N4O5. The standard InChI is InChI=1S/C11H22N4O5/c1-8(15-18)20-10(16)9(12)5-3-4-6-14-7-19-11(17)13-2/h8-9,14H,3-7,12H2,1-2H3,(H,13,17)/t8?,9-/m0/s1. The Labute approximate surface area is 117 Å². The topological polar surface area (TPSA) is 132 Å². The fourth-order valence-electron chi connectivity index (χ4n) is 1.27. The first kappa shape index (κ1) is 18.3. The van der Waals surface area contributed by atoms with Gasteiger partial charge in [-0.1, -0.05) is 6.42 Å². The summed E-state index contributed by atoms with van der Waals surface area (Å²) in [5.74, 6) is -0.631. The minimum atomic E-state index is -1.02. The lowest BCUT2D eigenvalue weighted by atomic mass is 10.1. The monoisotopic (exact) mass is 290 g/mol. The number of hydrogen-bond donors (Lipinski definition) is 3. The van der Waals surface area contributed by atoms with Crippen LogP contribution in [0.2, 0.25) is 0 Å². The number of carbonyl (C=O) groups is 2. The van der Waals surface area contributed by atoms with Gasteiger partial charge in [-0.25, -0.2) is 4.79 Å². The average Bonchev–Trinajstić information content (AvgIpc) is 2.45. The number of carbonyl (C=O) groups excluding carboxylic acids is 2. The number of nitrogens with two attached hydrogens (primary N) is 1. The molecule has 0 rings (SSSR count). The van der Waals surface area contributed by atoms with Crippen LogP contribution in [0.15, 0.2) is 5.18 Å². The van der Waals surface area contributed by atoms with Gasteiger partial charge in [0.05, 0.1) is 0 Å². The Morgan fingerprint density at radius 2 is 2.05 bits per heavy atom. The summed E-state index contributed by atoms with van der Waals surface area (Å²) < 4.78 is 9.39. The summed E-state index contributed by atoms with van der Waals surface area (Å²) in [7, 11) is 1.48. The molecule has 0 aromatic carbocycles. The molecule has 0 aromatic heterocycles. The minimum absolute atomic E-state index is 0.121. The highest BCUT2D eigenvalue weighted by Gasteiger charge is 2.17. The van der Waals surface area contributed by atoms with E-state index in [1.54, 1.807) is 0 Å². The molecule has 0 aromatic rings. The van der Waals surface area contributed by atoms with E-state index in [9.17, 15) is 14.5 Å². The van der Waals surface area contributed by atoms with Gasteiger partial charge in [-0.15, -0.1) is 4.91 Å². The molecule has 0 radical (unpaired) electrons. The summed E-state index contributed by atoms with van der Waals surface area (Å²) in [6.45, 7) is 2.12. The van der Waals surface area contributed by atoms with Crippen LogP contribution in [0.3, 0.4) is 0 Å². The van der Waals surface area contributed by atoms with Gasteiger partial charge in [-0.3, -0.25) is 10.1 Å². The molecule has 4 N–H and O–H groups in total. The average molecular weight is 290 g/mol. The highest BCUT2D eigenvalue weighted by molar-refractivity contribution is 5.75. The SMILES string of the molecule is CNC(=O)OCNCCCC[C@H](N)C(=O)OC(C)N=O. The second-order valence-corrected chi connectivity index (χ2v) is 4.07. The second-order valence-electron chi connectivity index (χ2n) is 4.07. The Balaban J connectivity index is 3.52. The van der Waals surface area contributed by atoms with Gasteiger partial charge in [-0.05, 0) is 31.5 Å². The van der Waals surface area contributed by atoms with Gasteiger partial charge in [-0.2, -0.15) is 0 Å². The van der Waals surface area contributed by atoms with E-state index in [1.165, 1.54) is 14.0 Å². The van der Waals surface area contributed by atoms with Crippen molar-refractivity contribution in [2.45, 2.75) is 38.5 Å². The van der Waals surface area contributed by atoms with Crippen molar-refractivity contribution in [3.05, 3.63) is 4.91 Å². The molecule has 0 spiro atoms. The molecule has 9 nitrogen and oxygen atoms in total. The number of ether oxygens (including phenoxy) is 2. The predicted octanol–water partition coefficient (Wildman–Crippen LogP) is 0.0427. The number of nitrogens with one attached hydrogen (secondary N) is 2. The number of amides is 1. The van der Waals surface area contributed by atoms with E-state index >= 15 is 0 Å². The van der Waals surface area contributed by atoms with Crippen LogP contribution >= 0.6 is 0 Å². The van der Waals surface area contributed by atoms with E-state index < -0.39 is 24.3 Å². The van der Waals surface area contributed by atoms with E-state index in [0.29, 0.717) is 19.4 Å². The van der Waals surface area contributed by atoms with Gasteiger partial charge in [0.25, 0.3) is 0 Å². The number of rotatable bonds is 10. The summed E-state index contributed by atoms with van der Waals surface area (Å²) >= 11 is 0. The van der Waals surface area contributed by atoms with E-state index in [4.69, 9.17) is 10.5 Å². The van der Waals surface area contributed by atoms with Crippen molar-refractivity contribution in [3.8, 4) is 0 Å². The van der Waals surface area contributed by atoms with Crippen LogP contribution < -0.4 is 16.4 Å². The van der Waals surface area contributed by atoms with Crippen LogP contribution in [-0.2, 0) is 14.3 Å². The van der Waals surface area contributed by atoms with Crippen molar-refractivity contribution in [2.24, 2.45) is 10.9 Å². The molecule has 0 aliphatic heterocycles. The molecule has 116 valence electrons. The molecule has 0 heterocycles. The fraction of sp³-hybridized carbons (Fsp3) is 0.818. The summed E-state index contributed by atoms with van der Waals surface area (Å²) in [6, 6.07) is -0.763. The Hall–Kier alpha value is -1.74. The van der Waals surface area contributed by atoms with Crippen LogP contribution in [0, 0.1) is 4.91 Å². The Bertz CT molecular complexity index is 313. The second kappa shape index (κ2) is 11.1. The van der Waals surface area contributed by atoms with E-state index in [2.05, 4.69) is 20.5 Å². The van der Waals surface area contributed by atoms with Gasteiger partial charge in [0, 0.05) is 7.05 Å². The van der Waals surface area contributed by atoms with Crippen molar-refractivity contribution < 1.29 is 19.1 Å². The summed E-state index contributed by atoms with van der Waals surface area (Å²) in [4.78, 5) is 32.1. The van der Waals surface area contributed by atoms with E-state index in [-0.39, 0.29) is 6.73 Å². The number of alkyl carbamates (subject to hydrolysis) is 1. The lowest BCUT2D eigenvalue weighted by Gasteiger charge is -2.12. The third-order valence-corrected chi connectivity index (χ3v) is 2.37. The molecule has 1 amide bonds. The van der Waals surface area contributed by atoms with E-state index in [1.807, 2.05) is 0 Å². The predicted molar refractivity (Wildman–Crippen MR) is 71.6 cm³/mol. The zero-order chi connectivity index (χ0) is 15.4. The first-order chi connectivity index (χ1) is 9.51. The van der Waals surface area contributed by atoms with Crippen molar-refractivity contribution in [1.82, 2.24) is 10.6 Å². The maximum Gasteiger partial charge on any atom is 0.408 e. The molecular weight excluding hydrogens is 268 g/mol. The number of esters is 1. The van der Waals surface area contributed by atoms with Crippen LogP contribution in [0.25, 0.3) is 0 Å².